The van der Waals surface area contributed by atoms with E-state index in [1.807, 2.05) is 13.1 Å². The van der Waals surface area contributed by atoms with Gasteiger partial charge in [-0.25, -0.2) is 0 Å². The van der Waals surface area contributed by atoms with E-state index in [9.17, 15) is 5.11 Å². The van der Waals surface area contributed by atoms with E-state index in [1.165, 1.54) is 0 Å². The lowest BCUT2D eigenvalue weighted by Gasteiger charge is -2.25. The van der Waals surface area contributed by atoms with E-state index in [2.05, 4.69) is 29.5 Å². The van der Waals surface area contributed by atoms with Gasteiger partial charge in [-0.1, -0.05) is 19.1 Å². The lowest BCUT2D eigenvalue weighted by atomic mass is 9.94. The van der Waals surface area contributed by atoms with Crippen molar-refractivity contribution in [2.75, 3.05) is 13.2 Å². The minimum atomic E-state index is -0.693. The Balaban J connectivity index is 2.30. The summed E-state index contributed by atoms with van der Waals surface area (Å²) >= 11 is 0. The molecule has 110 valence electrons. The van der Waals surface area contributed by atoms with Gasteiger partial charge in [-0.3, -0.25) is 4.68 Å². The van der Waals surface area contributed by atoms with Crippen LogP contribution in [-0.4, -0.2) is 44.0 Å². The molecular formula is C13H26N4O2. The van der Waals surface area contributed by atoms with Crippen LogP contribution in [0.5, 0.6) is 0 Å². The topological polar surface area (TPSA) is 83.2 Å². The van der Waals surface area contributed by atoms with Gasteiger partial charge in [-0.2, -0.15) is 0 Å². The second-order valence-corrected chi connectivity index (χ2v) is 5.75. The molecule has 1 aromatic heterocycles. The van der Waals surface area contributed by atoms with Crippen LogP contribution in [0.4, 0.5) is 0 Å². The fourth-order valence-electron chi connectivity index (χ4n) is 2.17. The van der Waals surface area contributed by atoms with Crippen LogP contribution in [0.3, 0.4) is 0 Å². The lowest BCUT2D eigenvalue weighted by molar-refractivity contribution is 0.0382. The zero-order valence-electron chi connectivity index (χ0n) is 12.1. The van der Waals surface area contributed by atoms with E-state index in [4.69, 9.17) is 5.11 Å². The first-order chi connectivity index (χ1) is 8.93. The molecule has 6 heteroatoms. The summed E-state index contributed by atoms with van der Waals surface area (Å²) < 4.78 is 1.72. The van der Waals surface area contributed by atoms with Gasteiger partial charge in [0.15, 0.2) is 0 Å². The van der Waals surface area contributed by atoms with Gasteiger partial charge in [0.25, 0.3) is 0 Å². The number of aliphatic hydroxyl groups is 2. The van der Waals surface area contributed by atoms with Crippen molar-refractivity contribution in [3.8, 4) is 0 Å². The van der Waals surface area contributed by atoms with Crippen molar-refractivity contribution < 1.29 is 10.2 Å². The number of nitrogens with zero attached hydrogens (tertiary/aromatic N) is 3. The Bertz CT molecular complexity index is 363. The lowest BCUT2D eigenvalue weighted by Crippen LogP contribution is -2.38. The Morgan fingerprint density at radius 1 is 1.47 bits per heavy atom. The van der Waals surface area contributed by atoms with E-state index in [0.717, 1.165) is 12.1 Å². The van der Waals surface area contributed by atoms with Crippen molar-refractivity contribution in [3.05, 3.63) is 11.9 Å². The first-order valence-corrected chi connectivity index (χ1v) is 6.86. The molecule has 0 spiro atoms. The summed E-state index contributed by atoms with van der Waals surface area (Å²) in [5.74, 6) is 0.469. The van der Waals surface area contributed by atoms with Gasteiger partial charge < -0.3 is 15.5 Å². The van der Waals surface area contributed by atoms with Crippen LogP contribution in [0.15, 0.2) is 6.20 Å². The van der Waals surface area contributed by atoms with Crippen molar-refractivity contribution in [2.45, 2.75) is 52.3 Å². The number of hydrogen-bond acceptors (Lipinski definition) is 5. The number of aliphatic hydroxyl groups excluding tert-OH is 1. The number of nitrogens with one attached hydrogen (secondary N) is 1. The third-order valence-corrected chi connectivity index (χ3v) is 2.79. The molecule has 19 heavy (non-hydrogen) atoms. The third-order valence-electron chi connectivity index (χ3n) is 2.79. The summed E-state index contributed by atoms with van der Waals surface area (Å²) in [6.07, 6.45) is 3.31. The third kappa shape index (κ3) is 6.66. The number of hydrogen-bond donors (Lipinski definition) is 3. The first kappa shape index (κ1) is 16.1. The van der Waals surface area contributed by atoms with Crippen LogP contribution in [0, 0.1) is 5.92 Å². The number of aromatic nitrogens is 3. The van der Waals surface area contributed by atoms with Crippen molar-refractivity contribution in [1.29, 1.82) is 0 Å². The Labute approximate surface area is 114 Å². The van der Waals surface area contributed by atoms with Gasteiger partial charge in [-0.05, 0) is 25.7 Å². The highest BCUT2D eigenvalue weighted by molar-refractivity contribution is 4.92. The largest absolute Gasteiger partial charge is 0.396 e. The van der Waals surface area contributed by atoms with Gasteiger partial charge in [0.05, 0.1) is 11.3 Å². The fourth-order valence-corrected chi connectivity index (χ4v) is 2.17. The average molecular weight is 270 g/mol. The summed E-state index contributed by atoms with van der Waals surface area (Å²) in [4.78, 5) is 0. The second kappa shape index (κ2) is 7.57. The van der Waals surface area contributed by atoms with Crippen molar-refractivity contribution in [1.82, 2.24) is 20.3 Å². The molecule has 0 aliphatic carbocycles. The molecule has 3 N–H and O–H groups in total. The van der Waals surface area contributed by atoms with Gasteiger partial charge >= 0.3 is 0 Å². The van der Waals surface area contributed by atoms with Crippen LogP contribution in [-0.2, 0) is 13.1 Å². The molecule has 0 bridgehead atoms. The molecular weight excluding hydrogens is 244 g/mol. The highest BCUT2D eigenvalue weighted by Gasteiger charge is 2.21. The van der Waals surface area contributed by atoms with Crippen LogP contribution < -0.4 is 5.32 Å². The average Bonchev–Trinajstić information content (AvgIpc) is 2.72. The number of aryl methyl sites for hydroxylation is 1. The van der Waals surface area contributed by atoms with E-state index in [-0.39, 0.29) is 6.61 Å². The maximum atomic E-state index is 10.2. The zero-order chi connectivity index (χ0) is 14.3. The molecule has 0 radical (unpaired) electrons. The SMILES string of the molecule is CC(C)CC(C)(O)CNCc1cn(CCCO)nn1. The van der Waals surface area contributed by atoms with Crippen molar-refractivity contribution in [2.24, 2.45) is 5.92 Å². The molecule has 0 aliphatic rings. The smallest absolute Gasteiger partial charge is 0.0964 e. The minimum Gasteiger partial charge on any atom is -0.396 e. The normalized spacial score (nSPS) is 14.8. The molecule has 0 saturated carbocycles. The van der Waals surface area contributed by atoms with E-state index in [0.29, 0.717) is 32.0 Å². The van der Waals surface area contributed by atoms with E-state index < -0.39 is 5.60 Å². The first-order valence-electron chi connectivity index (χ1n) is 6.86. The van der Waals surface area contributed by atoms with Gasteiger partial charge in [0.1, 0.15) is 0 Å². The van der Waals surface area contributed by atoms with E-state index >= 15 is 0 Å². The predicted molar refractivity (Wildman–Crippen MR) is 73.5 cm³/mol. The van der Waals surface area contributed by atoms with Crippen molar-refractivity contribution in [3.63, 3.8) is 0 Å². The van der Waals surface area contributed by atoms with Crippen LogP contribution in [0.1, 0.15) is 39.3 Å². The van der Waals surface area contributed by atoms with Gasteiger partial charge in [0, 0.05) is 32.4 Å². The maximum Gasteiger partial charge on any atom is 0.0964 e. The molecule has 1 rings (SSSR count). The quantitative estimate of drug-likeness (QED) is 0.610. The maximum absolute atomic E-state index is 10.2. The number of rotatable bonds is 9. The Morgan fingerprint density at radius 3 is 2.84 bits per heavy atom. The molecule has 0 amide bonds. The molecule has 0 aromatic carbocycles. The predicted octanol–water partition coefficient (Wildman–Crippen LogP) is 0.547. The second-order valence-electron chi connectivity index (χ2n) is 5.75. The van der Waals surface area contributed by atoms with Crippen LogP contribution in [0.2, 0.25) is 0 Å². The molecule has 6 nitrogen and oxygen atoms in total. The summed E-state index contributed by atoms with van der Waals surface area (Å²) in [6.45, 7) is 8.00. The molecule has 0 saturated heterocycles. The van der Waals surface area contributed by atoms with E-state index in [1.54, 1.807) is 4.68 Å². The van der Waals surface area contributed by atoms with Crippen LogP contribution >= 0.6 is 0 Å². The standard InChI is InChI=1S/C13H26N4O2/c1-11(2)7-13(3,19)10-14-8-12-9-17(16-15-12)5-4-6-18/h9,11,14,18-19H,4-8,10H2,1-3H3. The molecule has 1 unspecified atom stereocenters. The molecule has 0 fully saturated rings. The fraction of sp³-hybridized carbons (Fsp3) is 0.846. The minimum absolute atomic E-state index is 0.158. The molecule has 1 atom stereocenters. The summed E-state index contributed by atoms with van der Waals surface area (Å²) in [7, 11) is 0. The van der Waals surface area contributed by atoms with Crippen molar-refractivity contribution >= 4 is 0 Å². The highest BCUT2D eigenvalue weighted by atomic mass is 16.3. The summed E-state index contributed by atoms with van der Waals surface area (Å²) in [5.41, 5.74) is 0.152. The Morgan fingerprint density at radius 2 is 2.21 bits per heavy atom. The van der Waals surface area contributed by atoms with Crippen LogP contribution in [0.25, 0.3) is 0 Å². The van der Waals surface area contributed by atoms with Gasteiger partial charge in [0.2, 0.25) is 0 Å². The zero-order valence-corrected chi connectivity index (χ0v) is 12.1. The van der Waals surface area contributed by atoms with Gasteiger partial charge in [-0.15, -0.1) is 5.10 Å². The molecule has 0 aliphatic heterocycles. The Hall–Kier alpha value is -0.980. The Kier molecular flexibility index (Phi) is 6.41. The molecule has 1 aromatic rings. The monoisotopic (exact) mass is 270 g/mol. The highest BCUT2D eigenvalue weighted by Crippen LogP contribution is 2.15. The summed E-state index contributed by atoms with van der Waals surface area (Å²) in [5, 5.41) is 30.1. The molecule has 1 heterocycles. The summed E-state index contributed by atoms with van der Waals surface area (Å²) in [6, 6.07) is 0.